The van der Waals surface area contributed by atoms with Crippen molar-refractivity contribution < 1.29 is 9.66 Å². The van der Waals surface area contributed by atoms with E-state index < -0.39 is 4.92 Å². The first-order valence-corrected chi connectivity index (χ1v) is 4.55. The molecule has 0 aliphatic carbocycles. The number of para-hydroxylation sites is 1. The third-order valence-corrected chi connectivity index (χ3v) is 1.91. The zero-order valence-corrected chi connectivity index (χ0v) is 9.32. The highest BCUT2D eigenvalue weighted by molar-refractivity contribution is 6.01. The van der Waals surface area contributed by atoms with Gasteiger partial charge >= 0.3 is 5.69 Å². The Balaban J connectivity index is 3.34. The van der Waals surface area contributed by atoms with Gasteiger partial charge < -0.3 is 10.5 Å². The average Bonchev–Trinajstić information content (AvgIpc) is 2.34. The third-order valence-electron chi connectivity index (χ3n) is 1.91. The molecule has 17 heavy (non-hydrogen) atoms. The molecule has 0 saturated heterocycles. The maximum absolute atomic E-state index is 10.8. The fraction of sp³-hybridized carbons (Fsp3) is 0.222. The molecular formula is C9H11N5O3. The molecule has 90 valence electrons. The van der Waals surface area contributed by atoms with Crippen molar-refractivity contribution in [3.8, 4) is 5.75 Å². The number of benzene rings is 1. The number of methoxy groups -OCH3 is 1. The zero-order chi connectivity index (χ0) is 12.8. The Morgan fingerprint density at radius 2 is 2.24 bits per heavy atom. The standard InChI is InChI=1S/C9H11N5O3/c1-11-13-12-9(10)6-4-3-5-7(14(15)16)8(6)17-2/h3-5H,1-2H3,(H2,10,11,12). The van der Waals surface area contributed by atoms with E-state index in [4.69, 9.17) is 10.5 Å². The van der Waals surface area contributed by atoms with Crippen LogP contribution in [0.15, 0.2) is 33.6 Å². The summed E-state index contributed by atoms with van der Waals surface area (Å²) >= 11 is 0. The van der Waals surface area contributed by atoms with E-state index in [1.54, 1.807) is 6.07 Å². The molecule has 1 aromatic carbocycles. The van der Waals surface area contributed by atoms with Crippen molar-refractivity contribution in [2.24, 2.45) is 21.2 Å². The van der Waals surface area contributed by atoms with Gasteiger partial charge in [0.15, 0.2) is 5.84 Å². The zero-order valence-electron chi connectivity index (χ0n) is 9.32. The number of rotatable bonds is 4. The van der Waals surface area contributed by atoms with Crippen molar-refractivity contribution in [2.75, 3.05) is 14.2 Å². The second kappa shape index (κ2) is 5.54. The number of hydrogen-bond donors (Lipinski definition) is 1. The number of nitro benzene ring substituents is 1. The maximum atomic E-state index is 10.8. The van der Waals surface area contributed by atoms with Gasteiger partial charge in [-0.15, -0.1) is 5.10 Å². The van der Waals surface area contributed by atoms with Crippen molar-refractivity contribution >= 4 is 11.5 Å². The van der Waals surface area contributed by atoms with Crippen molar-refractivity contribution in [2.45, 2.75) is 0 Å². The Hall–Kier alpha value is -2.51. The molecule has 0 fully saturated rings. The molecular weight excluding hydrogens is 226 g/mol. The number of hydrogen-bond acceptors (Lipinski definition) is 5. The summed E-state index contributed by atoms with van der Waals surface area (Å²) in [6, 6.07) is 4.36. The molecule has 0 spiro atoms. The molecule has 0 atom stereocenters. The Morgan fingerprint density at radius 1 is 1.53 bits per heavy atom. The first kappa shape index (κ1) is 12.6. The van der Waals surface area contributed by atoms with Gasteiger partial charge in [0.25, 0.3) is 0 Å². The maximum Gasteiger partial charge on any atom is 0.311 e. The lowest BCUT2D eigenvalue weighted by atomic mass is 10.1. The minimum absolute atomic E-state index is 0.00356. The highest BCUT2D eigenvalue weighted by Crippen LogP contribution is 2.30. The summed E-state index contributed by atoms with van der Waals surface area (Å²) in [4.78, 5) is 10.2. The van der Waals surface area contributed by atoms with Crippen LogP contribution in [0, 0.1) is 10.1 Å². The van der Waals surface area contributed by atoms with E-state index in [0.29, 0.717) is 5.56 Å². The molecule has 0 aliphatic heterocycles. The Morgan fingerprint density at radius 3 is 2.76 bits per heavy atom. The molecule has 1 aromatic rings. The predicted octanol–water partition coefficient (Wildman–Crippen LogP) is 1.31. The molecule has 0 unspecified atom stereocenters. The van der Waals surface area contributed by atoms with Gasteiger partial charge in [-0.1, -0.05) is 6.07 Å². The Labute approximate surface area is 96.9 Å². The normalized spacial score (nSPS) is 11.8. The summed E-state index contributed by atoms with van der Waals surface area (Å²) in [5.74, 6) is 0.0428. The number of nitro groups is 1. The van der Waals surface area contributed by atoms with Crippen LogP contribution in [0.25, 0.3) is 0 Å². The highest BCUT2D eigenvalue weighted by Gasteiger charge is 2.19. The largest absolute Gasteiger partial charge is 0.490 e. The van der Waals surface area contributed by atoms with E-state index in [-0.39, 0.29) is 17.3 Å². The summed E-state index contributed by atoms with van der Waals surface area (Å²) < 4.78 is 4.96. The molecule has 0 saturated carbocycles. The van der Waals surface area contributed by atoms with E-state index in [1.807, 2.05) is 0 Å². The van der Waals surface area contributed by atoms with Crippen LogP contribution in [-0.4, -0.2) is 24.9 Å². The molecule has 2 N–H and O–H groups in total. The van der Waals surface area contributed by atoms with Crippen LogP contribution in [0.2, 0.25) is 0 Å². The lowest BCUT2D eigenvalue weighted by Gasteiger charge is -2.06. The number of ether oxygens (including phenoxy) is 1. The van der Waals surface area contributed by atoms with Gasteiger partial charge in [0.2, 0.25) is 5.75 Å². The topological polar surface area (TPSA) is 115 Å². The smallest absolute Gasteiger partial charge is 0.311 e. The first-order valence-electron chi connectivity index (χ1n) is 4.55. The number of nitrogens with two attached hydrogens (primary N) is 1. The minimum atomic E-state index is -0.559. The second-order valence-corrected chi connectivity index (χ2v) is 2.89. The van der Waals surface area contributed by atoms with Crippen molar-refractivity contribution in [1.82, 2.24) is 0 Å². The molecule has 0 bridgehead atoms. The predicted molar refractivity (Wildman–Crippen MR) is 61.2 cm³/mol. The lowest BCUT2D eigenvalue weighted by Crippen LogP contribution is -2.14. The molecule has 0 amide bonds. The van der Waals surface area contributed by atoms with Crippen molar-refractivity contribution in [3.63, 3.8) is 0 Å². The van der Waals surface area contributed by atoms with Crippen LogP contribution in [0.1, 0.15) is 5.56 Å². The highest BCUT2D eigenvalue weighted by atomic mass is 16.6. The van der Waals surface area contributed by atoms with E-state index in [2.05, 4.69) is 15.4 Å². The van der Waals surface area contributed by atoms with Gasteiger partial charge in [-0.2, -0.15) is 5.11 Å². The van der Waals surface area contributed by atoms with Crippen LogP contribution < -0.4 is 10.5 Å². The summed E-state index contributed by atoms with van der Waals surface area (Å²) in [6.45, 7) is 0. The molecule has 8 heteroatoms. The van der Waals surface area contributed by atoms with E-state index in [1.165, 1.54) is 26.3 Å². The summed E-state index contributed by atoms with van der Waals surface area (Å²) in [5.41, 5.74) is 5.74. The third kappa shape index (κ3) is 2.74. The quantitative estimate of drug-likeness (QED) is 0.279. The average molecular weight is 237 g/mol. The first-order chi connectivity index (χ1) is 8.11. The minimum Gasteiger partial charge on any atom is -0.490 e. The second-order valence-electron chi connectivity index (χ2n) is 2.89. The molecule has 0 radical (unpaired) electrons. The molecule has 0 aliphatic rings. The van der Waals surface area contributed by atoms with Crippen LogP contribution in [0.3, 0.4) is 0 Å². The van der Waals surface area contributed by atoms with Gasteiger partial charge in [-0.25, -0.2) is 0 Å². The van der Waals surface area contributed by atoms with Gasteiger partial charge in [-0.05, 0) is 11.3 Å². The van der Waals surface area contributed by atoms with Gasteiger partial charge in [-0.3, -0.25) is 10.1 Å². The van der Waals surface area contributed by atoms with Crippen LogP contribution in [0.4, 0.5) is 5.69 Å². The number of nitrogens with zero attached hydrogens (tertiary/aromatic N) is 4. The van der Waals surface area contributed by atoms with E-state index in [0.717, 1.165) is 0 Å². The van der Waals surface area contributed by atoms with Crippen LogP contribution >= 0.6 is 0 Å². The van der Waals surface area contributed by atoms with Crippen molar-refractivity contribution in [3.05, 3.63) is 33.9 Å². The SMILES string of the molecule is CN=N/N=C(\N)c1cccc([N+](=O)[O-])c1OC. The van der Waals surface area contributed by atoms with Crippen LogP contribution in [-0.2, 0) is 0 Å². The summed E-state index contributed by atoms with van der Waals surface area (Å²) in [7, 11) is 2.75. The van der Waals surface area contributed by atoms with Gasteiger partial charge in [0.05, 0.1) is 24.6 Å². The lowest BCUT2D eigenvalue weighted by molar-refractivity contribution is -0.385. The van der Waals surface area contributed by atoms with Crippen molar-refractivity contribution in [1.29, 1.82) is 0 Å². The summed E-state index contributed by atoms with van der Waals surface area (Å²) in [5, 5.41) is 21.1. The fourth-order valence-electron chi connectivity index (χ4n) is 1.23. The molecule has 0 aromatic heterocycles. The fourth-order valence-corrected chi connectivity index (χ4v) is 1.23. The Bertz CT molecular complexity index is 484. The van der Waals surface area contributed by atoms with E-state index >= 15 is 0 Å². The summed E-state index contributed by atoms with van der Waals surface area (Å²) in [6.07, 6.45) is 0. The van der Waals surface area contributed by atoms with Crippen LogP contribution in [0.5, 0.6) is 5.75 Å². The molecule has 8 nitrogen and oxygen atoms in total. The van der Waals surface area contributed by atoms with Gasteiger partial charge in [0.1, 0.15) is 0 Å². The molecule has 1 rings (SSSR count). The van der Waals surface area contributed by atoms with E-state index in [9.17, 15) is 10.1 Å². The Kier molecular flexibility index (Phi) is 4.09. The van der Waals surface area contributed by atoms with Gasteiger partial charge in [0, 0.05) is 6.07 Å². The number of amidine groups is 1. The monoisotopic (exact) mass is 237 g/mol. The molecule has 0 heterocycles.